The minimum Gasteiger partial charge on any atom is -0.508 e. The average molecular weight is 322 g/mol. The predicted octanol–water partition coefficient (Wildman–Crippen LogP) is 6.55. The van der Waals surface area contributed by atoms with Crippen molar-refractivity contribution in [3.63, 3.8) is 0 Å². The van der Waals surface area contributed by atoms with Crippen molar-refractivity contribution in [2.75, 3.05) is 0 Å². The minimum atomic E-state index is 0.402. The average Bonchev–Trinajstić information content (AvgIpc) is 2.61. The van der Waals surface area contributed by atoms with Crippen molar-refractivity contribution in [1.29, 1.82) is 0 Å². The number of aromatic hydroxyl groups is 1. The Kier molecular flexibility index (Phi) is 8.17. The van der Waals surface area contributed by atoms with Gasteiger partial charge in [0.25, 0.3) is 0 Å². The van der Waals surface area contributed by atoms with Crippen molar-refractivity contribution in [2.45, 2.75) is 58.3 Å². The fourth-order valence-electron chi connectivity index (χ4n) is 2.95. The lowest BCUT2D eigenvalue weighted by Gasteiger charge is -2.07. The Morgan fingerprint density at radius 1 is 0.875 bits per heavy atom. The second kappa shape index (κ2) is 10.7. The summed E-state index contributed by atoms with van der Waals surface area (Å²) in [5, 5.41) is 10.1. The highest BCUT2D eigenvalue weighted by Gasteiger charge is 2.02. The molecule has 1 heteroatoms. The van der Waals surface area contributed by atoms with E-state index in [2.05, 4.69) is 43.3 Å². The van der Waals surface area contributed by atoms with Crippen LogP contribution in [0.3, 0.4) is 0 Å². The van der Waals surface area contributed by atoms with Gasteiger partial charge in [-0.1, -0.05) is 93.6 Å². The fraction of sp³-hybridized carbons (Fsp3) is 0.391. The second-order valence-corrected chi connectivity index (χ2v) is 6.50. The van der Waals surface area contributed by atoms with E-state index in [1.807, 2.05) is 24.3 Å². The van der Waals surface area contributed by atoms with Gasteiger partial charge in [0.05, 0.1) is 0 Å². The van der Waals surface area contributed by atoms with Gasteiger partial charge >= 0.3 is 0 Å². The van der Waals surface area contributed by atoms with Crippen molar-refractivity contribution >= 4 is 6.08 Å². The van der Waals surface area contributed by atoms with Gasteiger partial charge < -0.3 is 5.11 Å². The molecule has 0 saturated heterocycles. The Morgan fingerprint density at radius 3 is 2.42 bits per heavy atom. The molecule has 0 radical (unpaired) electrons. The van der Waals surface area contributed by atoms with Gasteiger partial charge in [-0.15, -0.1) is 0 Å². The molecule has 0 aliphatic carbocycles. The highest BCUT2D eigenvalue weighted by molar-refractivity contribution is 5.50. The van der Waals surface area contributed by atoms with E-state index in [0.29, 0.717) is 5.75 Å². The molecule has 0 fully saturated rings. The Morgan fingerprint density at radius 2 is 1.62 bits per heavy atom. The molecule has 128 valence electrons. The maximum absolute atomic E-state index is 10.1. The Bertz CT molecular complexity index is 613. The molecule has 0 saturated carbocycles. The normalized spacial score (nSPS) is 11.2. The summed E-state index contributed by atoms with van der Waals surface area (Å²) in [6.45, 7) is 2.25. The third-order valence-corrected chi connectivity index (χ3v) is 4.41. The zero-order valence-electron chi connectivity index (χ0n) is 14.9. The van der Waals surface area contributed by atoms with E-state index >= 15 is 0 Å². The number of hydrogen-bond acceptors (Lipinski definition) is 1. The number of phenolic OH excluding ortho intramolecular Hbond substituents is 1. The van der Waals surface area contributed by atoms with Crippen LogP contribution >= 0.6 is 0 Å². The van der Waals surface area contributed by atoms with Gasteiger partial charge in [-0.2, -0.15) is 0 Å². The van der Waals surface area contributed by atoms with Crippen LogP contribution in [0.25, 0.3) is 6.08 Å². The minimum absolute atomic E-state index is 0.402. The number of aryl methyl sites for hydroxylation is 1. The summed E-state index contributed by atoms with van der Waals surface area (Å²) in [6.07, 6.45) is 14.0. The van der Waals surface area contributed by atoms with Crippen LogP contribution < -0.4 is 0 Å². The van der Waals surface area contributed by atoms with E-state index in [9.17, 15) is 5.11 Å². The largest absolute Gasteiger partial charge is 0.508 e. The van der Waals surface area contributed by atoms with E-state index in [0.717, 1.165) is 18.4 Å². The molecule has 0 atom stereocenters. The molecular weight excluding hydrogens is 292 g/mol. The van der Waals surface area contributed by atoms with Crippen molar-refractivity contribution < 1.29 is 5.11 Å². The Labute approximate surface area is 147 Å². The number of allylic oxidation sites excluding steroid dienone is 1. The lowest BCUT2D eigenvalue weighted by Crippen LogP contribution is -1.90. The van der Waals surface area contributed by atoms with Crippen LogP contribution in [0.4, 0.5) is 0 Å². The maximum atomic E-state index is 10.1. The highest BCUT2D eigenvalue weighted by atomic mass is 16.3. The summed E-state index contributed by atoms with van der Waals surface area (Å²) in [5.41, 5.74) is 3.55. The molecule has 0 aliphatic rings. The Hall–Kier alpha value is -2.02. The van der Waals surface area contributed by atoms with Crippen LogP contribution in [0.1, 0.15) is 62.1 Å². The lowest BCUT2D eigenvalue weighted by atomic mass is 10.0. The predicted molar refractivity (Wildman–Crippen MR) is 104 cm³/mol. The van der Waals surface area contributed by atoms with Crippen molar-refractivity contribution in [1.82, 2.24) is 0 Å². The molecule has 0 aromatic heterocycles. The van der Waals surface area contributed by atoms with Gasteiger partial charge in [-0.25, -0.2) is 0 Å². The van der Waals surface area contributed by atoms with Gasteiger partial charge in [0.2, 0.25) is 0 Å². The Balaban J connectivity index is 1.83. The van der Waals surface area contributed by atoms with Gasteiger partial charge in [-0.05, 0) is 42.0 Å². The van der Waals surface area contributed by atoms with Gasteiger partial charge in [0.15, 0.2) is 0 Å². The summed E-state index contributed by atoms with van der Waals surface area (Å²) >= 11 is 0. The van der Waals surface area contributed by atoms with E-state index in [1.165, 1.54) is 49.7 Å². The number of rotatable bonds is 10. The highest BCUT2D eigenvalue weighted by Crippen LogP contribution is 2.21. The summed E-state index contributed by atoms with van der Waals surface area (Å²) in [6, 6.07) is 16.3. The van der Waals surface area contributed by atoms with Crippen LogP contribution in [0.15, 0.2) is 54.6 Å². The second-order valence-electron chi connectivity index (χ2n) is 6.50. The van der Waals surface area contributed by atoms with Crippen LogP contribution in [-0.4, -0.2) is 5.11 Å². The molecule has 0 unspecified atom stereocenters. The zero-order valence-corrected chi connectivity index (χ0v) is 14.9. The smallest absolute Gasteiger partial charge is 0.119 e. The molecule has 0 aliphatic heterocycles. The summed E-state index contributed by atoms with van der Waals surface area (Å²) in [5.74, 6) is 0.402. The van der Waals surface area contributed by atoms with Gasteiger partial charge in [-0.3, -0.25) is 0 Å². The first-order valence-corrected chi connectivity index (χ1v) is 9.32. The van der Waals surface area contributed by atoms with Crippen molar-refractivity contribution in [2.24, 2.45) is 0 Å². The van der Waals surface area contributed by atoms with E-state index in [4.69, 9.17) is 0 Å². The van der Waals surface area contributed by atoms with Crippen LogP contribution in [0.5, 0.6) is 5.75 Å². The zero-order chi connectivity index (χ0) is 17.0. The van der Waals surface area contributed by atoms with E-state index < -0.39 is 0 Å². The summed E-state index contributed by atoms with van der Waals surface area (Å²) < 4.78 is 0. The lowest BCUT2D eigenvalue weighted by molar-refractivity contribution is 0.469. The van der Waals surface area contributed by atoms with E-state index in [1.54, 1.807) is 0 Å². The first kappa shape index (κ1) is 18.3. The number of phenols is 1. The first-order valence-electron chi connectivity index (χ1n) is 9.32. The summed E-state index contributed by atoms with van der Waals surface area (Å²) in [4.78, 5) is 0. The molecular formula is C23H30O. The molecule has 0 spiro atoms. The molecule has 2 aromatic carbocycles. The quantitative estimate of drug-likeness (QED) is 0.492. The number of benzene rings is 2. The summed E-state index contributed by atoms with van der Waals surface area (Å²) in [7, 11) is 0. The third-order valence-electron chi connectivity index (χ3n) is 4.41. The molecule has 0 bridgehead atoms. The number of unbranched alkanes of at least 4 members (excludes halogenated alkanes) is 5. The number of hydrogen-bond donors (Lipinski definition) is 1. The SMILES string of the molecule is CCCCCCCCc1ccc(O)c(C/C=C/c2ccccc2)c1. The van der Waals surface area contributed by atoms with Crippen LogP contribution in [0, 0.1) is 0 Å². The van der Waals surface area contributed by atoms with Crippen LogP contribution in [0.2, 0.25) is 0 Å². The van der Waals surface area contributed by atoms with Gasteiger partial charge in [0, 0.05) is 0 Å². The van der Waals surface area contributed by atoms with Crippen LogP contribution in [-0.2, 0) is 12.8 Å². The molecule has 2 rings (SSSR count). The molecule has 0 heterocycles. The standard InChI is InChI=1S/C23H30O/c1-2-3-4-5-6-8-14-21-17-18-23(24)22(19-21)16-11-15-20-12-9-7-10-13-20/h7,9-13,15,17-19,24H,2-6,8,14,16H2,1H3/b15-11+. The molecule has 1 N–H and O–H groups in total. The monoisotopic (exact) mass is 322 g/mol. The third kappa shape index (κ3) is 6.62. The fourth-order valence-corrected chi connectivity index (χ4v) is 2.95. The topological polar surface area (TPSA) is 20.2 Å². The van der Waals surface area contributed by atoms with E-state index in [-0.39, 0.29) is 0 Å². The molecule has 2 aromatic rings. The van der Waals surface area contributed by atoms with Crippen molar-refractivity contribution in [3.8, 4) is 5.75 Å². The molecule has 1 nitrogen and oxygen atoms in total. The van der Waals surface area contributed by atoms with Gasteiger partial charge in [0.1, 0.15) is 5.75 Å². The molecule has 24 heavy (non-hydrogen) atoms. The maximum Gasteiger partial charge on any atom is 0.119 e. The molecule has 0 amide bonds. The van der Waals surface area contributed by atoms with Crippen molar-refractivity contribution in [3.05, 3.63) is 71.3 Å². The first-order chi connectivity index (χ1) is 11.8.